The Morgan fingerprint density at radius 2 is 2.23 bits per heavy atom. The number of hydrogen-bond donors (Lipinski definition) is 0. The molecule has 30 heavy (non-hydrogen) atoms. The van der Waals surface area contributed by atoms with Gasteiger partial charge in [-0.1, -0.05) is 12.8 Å². The van der Waals surface area contributed by atoms with Crippen LogP contribution < -0.4 is 4.90 Å². The fourth-order valence-corrected chi connectivity index (χ4v) is 3.95. The summed E-state index contributed by atoms with van der Waals surface area (Å²) in [6.45, 7) is 7.04. The Kier molecular flexibility index (Phi) is 8.91. The SMILES string of the molecule is CCc1nc(C#CCOC2CCCCO2)cnc1N1CCC[C@H](CCOC(C)=O)C1. The van der Waals surface area contributed by atoms with Crippen molar-refractivity contribution in [2.24, 2.45) is 5.92 Å². The van der Waals surface area contributed by atoms with Gasteiger partial charge >= 0.3 is 5.97 Å². The third kappa shape index (κ3) is 6.96. The molecule has 3 heterocycles. The van der Waals surface area contributed by atoms with Gasteiger partial charge in [0.1, 0.15) is 18.1 Å². The van der Waals surface area contributed by atoms with Crippen molar-refractivity contribution in [3.63, 3.8) is 0 Å². The lowest BCUT2D eigenvalue weighted by atomic mass is 9.95. The minimum atomic E-state index is -0.213. The molecule has 164 valence electrons. The average molecular weight is 416 g/mol. The van der Waals surface area contributed by atoms with Gasteiger partial charge in [-0.25, -0.2) is 9.97 Å². The van der Waals surface area contributed by atoms with Gasteiger partial charge in [0.15, 0.2) is 6.29 Å². The number of esters is 1. The van der Waals surface area contributed by atoms with Crippen molar-refractivity contribution in [1.82, 2.24) is 9.97 Å². The van der Waals surface area contributed by atoms with Gasteiger partial charge in [0.25, 0.3) is 0 Å². The third-order valence-electron chi connectivity index (χ3n) is 5.50. The first-order valence-corrected chi connectivity index (χ1v) is 11.1. The highest BCUT2D eigenvalue weighted by Crippen LogP contribution is 2.26. The summed E-state index contributed by atoms with van der Waals surface area (Å²) in [6, 6.07) is 0. The van der Waals surface area contributed by atoms with Crippen LogP contribution in [-0.2, 0) is 25.4 Å². The van der Waals surface area contributed by atoms with E-state index in [-0.39, 0.29) is 12.3 Å². The normalized spacial score (nSPS) is 21.6. The van der Waals surface area contributed by atoms with Gasteiger partial charge in [-0.15, -0.1) is 0 Å². The molecule has 2 aliphatic heterocycles. The standard InChI is InChI=1S/C23H33N3O4/c1-3-21-23(26-12-6-8-19(17-26)11-15-28-18(2)27)24-16-20(25-21)9-7-14-30-22-10-4-5-13-29-22/h16,19,22H,3-6,8,10-15,17H2,1-2H3/t19-,22?/m1/s1. The first-order valence-electron chi connectivity index (χ1n) is 11.1. The fraction of sp³-hybridized carbons (Fsp3) is 0.696. The molecule has 2 saturated heterocycles. The molecule has 2 aliphatic rings. The van der Waals surface area contributed by atoms with Gasteiger partial charge in [-0.05, 0) is 56.8 Å². The number of aryl methyl sites for hydroxylation is 1. The van der Waals surface area contributed by atoms with Crippen LogP contribution in [0.1, 0.15) is 63.8 Å². The molecule has 7 heteroatoms. The van der Waals surface area contributed by atoms with E-state index in [4.69, 9.17) is 24.2 Å². The molecule has 3 rings (SSSR count). The molecule has 0 N–H and O–H groups in total. The molecule has 0 amide bonds. The van der Waals surface area contributed by atoms with Crippen LogP contribution in [0.15, 0.2) is 6.20 Å². The number of aromatic nitrogens is 2. The Morgan fingerprint density at radius 3 is 3.00 bits per heavy atom. The molecular weight excluding hydrogens is 382 g/mol. The molecule has 7 nitrogen and oxygen atoms in total. The highest BCUT2D eigenvalue weighted by Gasteiger charge is 2.23. The Labute approximate surface area is 179 Å². The van der Waals surface area contributed by atoms with Crippen molar-refractivity contribution in [2.75, 3.05) is 37.8 Å². The first kappa shape index (κ1) is 22.5. The summed E-state index contributed by atoms with van der Waals surface area (Å²) in [6.07, 6.45) is 8.77. The first-order chi connectivity index (χ1) is 14.7. The Hall–Kier alpha value is -2.17. The molecule has 1 aromatic rings. The lowest BCUT2D eigenvalue weighted by molar-refractivity contribution is -0.154. The van der Waals surface area contributed by atoms with E-state index in [2.05, 4.69) is 23.7 Å². The molecule has 0 aromatic carbocycles. The van der Waals surface area contributed by atoms with Crippen molar-refractivity contribution < 1.29 is 19.0 Å². The van der Waals surface area contributed by atoms with Crippen LogP contribution in [0.3, 0.4) is 0 Å². The highest BCUT2D eigenvalue weighted by atomic mass is 16.7. The number of rotatable bonds is 7. The summed E-state index contributed by atoms with van der Waals surface area (Å²) >= 11 is 0. The number of ether oxygens (including phenoxy) is 3. The summed E-state index contributed by atoms with van der Waals surface area (Å²) in [7, 11) is 0. The van der Waals surface area contributed by atoms with Crippen LogP contribution >= 0.6 is 0 Å². The summed E-state index contributed by atoms with van der Waals surface area (Å²) in [5.41, 5.74) is 1.64. The topological polar surface area (TPSA) is 73.8 Å². The van der Waals surface area contributed by atoms with Gasteiger partial charge in [-0.3, -0.25) is 4.79 Å². The number of nitrogens with zero attached hydrogens (tertiary/aromatic N) is 3. The second-order valence-electron chi connectivity index (χ2n) is 7.87. The van der Waals surface area contributed by atoms with Crippen LogP contribution in [0.5, 0.6) is 0 Å². The molecule has 1 unspecified atom stereocenters. The Balaban J connectivity index is 1.55. The Morgan fingerprint density at radius 1 is 1.33 bits per heavy atom. The molecule has 0 bridgehead atoms. The molecule has 1 aromatic heterocycles. The molecule has 0 radical (unpaired) electrons. The zero-order chi connectivity index (χ0) is 21.2. The zero-order valence-corrected chi connectivity index (χ0v) is 18.2. The predicted molar refractivity (Wildman–Crippen MR) is 114 cm³/mol. The van der Waals surface area contributed by atoms with E-state index < -0.39 is 0 Å². The van der Waals surface area contributed by atoms with Crippen LogP contribution in [0.2, 0.25) is 0 Å². The minimum Gasteiger partial charge on any atom is -0.466 e. The van der Waals surface area contributed by atoms with Gasteiger partial charge in [0.05, 0.1) is 18.5 Å². The van der Waals surface area contributed by atoms with Gasteiger partial charge in [0.2, 0.25) is 0 Å². The predicted octanol–water partition coefficient (Wildman–Crippen LogP) is 3.10. The second-order valence-corrected chi connectivity index (χ2v) is 7.87. The lowest BCUT2D eigenvalue weighted by Crippen LogP contribution is -2.37. The van der Waals surface area contributed by atoms with E-state index in [0.717, 1.165) is 76.2 Å². The maximum atomic E-state index is 11.0. The van der Waals surface area contributed by atoms with Crippen LogP contribution in [0.4, 0.5) is 5.82 Å². The smallest absolute Gasteiger partial charge is 0.302 e. The molecular formula is C23H33N3O4. The van der Waals surface area contributed by atoms with Crippen molar-refractivity contribution in [3.05, 3.63) is 17.6 Å². The molecule has 0 spiro atoms. The zero-order valence-electron chi connectivity index (χ0n) is 18.2. The molecule has 2 fully saturated rings. The van der Waals surface area contributed by atoms with E-state index in [1.54, 1.807) is 6.20 Å². The van der Waals surface area contributed by atoms with Crippen molar-refractivity contribution in [1.29, 1.82) is 0 Å². The van der Waals surface area contributed by atoms with Gasteiger partial charge < -0.3 is 19.1 Å². The molecule has 0 aliphatic carbocycles. The number of anilines is 1. The maximum Gasteiger partial charge on any atom is 0.302 e. The molecule has 2 atom stereocenters. The van der Waals surface area contributed by atoms with E-state index in [9.17, 15) is 4.79 Å². The molecule has 0 saturated carbocycles. The fourth-order valence-electron chi connectivity index (χ4n) is 3.95. The monoisotopic (exact) mass is 415 g/mol. The number of hydrogen-bond acceptors (Lipinski definition) is 7. The average Bonchev–Trinajstić information content (AvgIpc) is 2.77. The second kappa shape index (κ2) is 11.9. The summed E-state index contributed by atoms with van der Waals surface area (Å²) < 4.78 is 16.3. The van der Waals surface area contributed by atoms with E-state index in [0.29, 0.717) is 24.8 Å². The maximum absolute atomic E-state index is 11.0. The van der Waals surface area contributed by atoms with E-state index in [1.807, 2.05) is 0 Å². The largest absolute Gasteiger partial charge is 0.466 e. The minimum absolute atomic E-state index is 0.124. The summed E-state index contributed by atoms with van der Waals surface area (Å²) in [5.74, 6) is 7.34. The lowest BCUT2D eigenvalue weighted by Gasteiger charge is -2.34. The van der Waals surface area contributed by atoms with Crippen LogP contribution in [-0.4, -0.2) is 55.1 Å². The number of carbonyl (C=O) groups is 1. The number of piperidine rings is 1. The number of carbonyl (C=O) groups excluding carboxylic acids is 1. The van der Waals surface area contributed by atoms with Crippen molar-refractivity contribution in [3.8, 4) is 11.8 Å². The van der Waals surface area contributed by atoms with Crippen LogP contribution in [0, 0.1) is 17.8 Å². The third-order valence-corrected chi connectivity index (χ3v) is 5.50. The van der Waals surface area contributed by atoms with Crippen molar-refractivity contribution in [2.45, 2.75) is 65.1 Å². The quantitative estimate of drug-likeness (QED) is 0.500. The van der Waals surface area contributed by atoms with E-state index >= 15 is 0 Å². The Bertz CT molecular complexity index is 753. The van der Waals surface area contributed by atoms with Gasteiger partial charge in [0, 0.05) is 26.6 Å². The van der Waals surface area contributed by atoms with Gasteiger partial charge in [-0.2, -0.15) is 0 Å². The summed E-state index contributed by atoms with van der Waals surface area (Å²) in [5, 5.41) is 0. The van der Waals surface area contributed by atoms with Crippen LogP contribution in [0.25, 0.3) is 0 Å². The van der Waals surface area contributed by atoms with E-state index in [1.165, 1.54) is 6.92 Å². The summed E-state index contributed by atoms with van der Waals surface area (Å²) in [4.78, 5) is 22.7. The van der Waals surface area contributed by atoms with Crippen molar-refractivity contribution >= 4 is 11.8 Å². The highest BCUT2D eigenvalue weighted by molar-refractivity contribution is 5.65.